The molecule has 12 heavy (non-hydrogen) atoms. The molecule has 0 saturated heterocycles. The number of fused-ring (bicyclic) bond motifs is 1. The molecule has 0 bridgehead atoms. The zero-order valence-corrected chi connectivity index (χ0v) is 7.86. The first-order chi connectivity index (χ1) is 5.90. The third-order valence-corrected chi connectivity index (χ3v) is 2.82. The van der Waals surface area contributed by atoms with Crippen molar-refractivity contribution in [1.82, 2.24) is 4.98 Å². The lowest BCUT2D eigenvalue weighted by Gasteiger charge is -2.14. The summed E-state index contributed by atoms with van der Waals surface area (Å²) >= 11 is 1.48. The van der Waals surface area contributed by atoms with Gasteiger partial charge in [0, 0.05) is 11.9 Å². The fourth-order valence-corrected chi connectivity index (χ4v) is 1.98. The van der Waals surface area contributed by atoms with Gasteiger partial charge in [-0.05, 0) is 37.3 Å². The second-order valence-corrected chi connectivity index (χ2v) is 3.81. The van der Waals surface area contributed by atoms with E-state index in [9.17, 15) is 0 Å². The highest BCUT2D eigenvalue weighted by atomic mass is 32.2. The number of aromatic nitrogens is 1. The molecule has 0 amide bonds. The molecular weight excluding hydrogens is 166 g/mol. The average molecular weight is 178 g/mol. The fourth-order valence-electron chi connectivity index (χ4n) is 1.64. The quantitative estimate of drug-likeness (QED) is 0.613. The van der Waals surface area contributed by atoms with E-state index in [1.54, 1.807) is 0 Å². The van der Waals surface area contributed by atoms with Crippen LogP contribution in [0.25, 0.3) is 0 Å². The van der Waals surface area contributed by atoms with Crippen LogP contribution in [0.5, 0.6) is 0 Å². The molecule has 1 aliphatic rings. The van der Waals surface area contributed by atoms with E-state index in [0.717, 1.165) is 11.4 Å². The zero-order chi connectivity index (χ0) is 8.39. The lowest BCUT2D eigenvalue weighted by molar-refractivity contribution is 0.661. The highest BCUT2D eigenvalue weighted by molar-refractivity contribution is 8.00. The summed E-state index contributed by atoms with van der Waals surface area (Å²) in [4.78, 5) is 4.53. The molecule has 0 saturated carbocycles. The third kappa shape index (κ3) is 1.48. The molecule has 0 aliphatic heterocycles. The highest BCUT2D eigenvalue weighted by Crippen LogP contribution is 2.22. The largest absolute Gasteiger partial charge is 0.246 e. The predicted molar refractivity (Wildman–Crippen MR) is 52.1 cm³/mol. The summed E-state index contributed by atoms with van der Waals surface area (Å²) < 4.78 is 0. The predicted octanol–water partition coefficient (Wildman–Crippen LogP) is 2.84. The van der Waals surface area contributed by atoms with E-state index in [1.807, 2.05) is 0 Å². The summed E-state index contributed by atoms with van der Waals surface area (Å²) in [5, 5.41) is 1.05. The van der Waals surface area contributed by atoms with Gasteiger partial charge in [-0.1, -0.05) is 6.07 Å². The van der Waals surface area contributed by atoms with Crippen molar-refractivity contribution in [3.05, 3.63) is 29.6 Å². The first-order valence-corrected chi connectivity index (χ1v) is 5.29. The molecule has 0 unspecified atom stereocenters. The normalized spacial score (nSPS) is 15.8. The van der Waals surface area contributed by atoms with Gasteiger partial charge in [-0.25, -0.2) is 4.98 Å². The summed E-state index contributed by atoms with van der Waals surface area (Å²) in [6, 6.07) is 4.27. The summed E-state index contributed by atoms with van der Waals surface area (Å²) in [5.41, 5.74) is 2.74. The molecule has 63 valence electrons. The molecule has 1 aromatic heterocycles. The molecule has 2 heteroatoms. The van der Waals surface area contributed by atoms with Gasteiger partial charge in [-0.3, -0.25) is 0 Å². The number of rotatable bonds is 1. The van der Waals surface area contributed by atoms with Gasteiger partial charge in [-0.15, -0.1) is 11.8 Å². The number of hydrogen-bond acceptors (Lipinski definition) is 2. The Morgan fingerprint density at radius 2 is 2.08 bits per heavy atom. The smallest absolute Gasteiger partial charge is 0.0963 e. The molecule has 0 aromatic carbocycles. The minimum Gasteiger partial charge on any atom is -0.246 e. The Labute approximate surface area is 77.6 Å². The molecular formula is C10H12NS. The summed E-state index contributed by atoms with van der Waals surface area (Å²) in [6.07, 6.45) is 8.75. The van der Waals surface area contributed by atoms with Crippen LogP contribution in [0.1, 0.15) is 24.1 Å². The molecule has 1 aliphatic carbocycles. The Morgan fingerprint density at radius 3 is 2.92 bits per heavy atom. The maximum absolute atomic E-state index is 4.53. The minimum atomic E-state index is 1.05. The van der Waals surface area contributed by atoms with E-state index in [0.29, 0.717) is 0 Å². The third-order valence-electron chi connectivity index (χ3n) is 2.30. The van der Waals surface area contributed by atoms with E-state index in [-0.39, 0.29) is 0 Å². The van der Waals surface area contributed by atoms with Gasteiger partial charge in [0.25, 0.3) is 0 Å². The van der Waals surface area contributed by atoms with Crippen molar-refractivity contribution in [3.8, 4) is 0 Å². The van der Waals surface area contributed by atoms with Crippen LogP contribution in [0.4, 0.5) is 0 Å². The van der Waals surface area contributed by atoms with Gasteiger partial charge in [0.1, 0.15) is 0 Å². The minimum absolute atomic E-state index is 1.05. The van der Waals surface area contributed by atoms with Gasteiger partial charge in [0.05, 0.1) is 5.03 Å². The van der Waals surface area contributed by atoms with Crippen molar-refractivity contribution in [3.63, 3.8) is 0 Å². The second kappa shape index (κ2) is 3.48. The van der Waals surface area contributed by atoms with Gasteiger partial charge < -0.3 is 0 Å². The van der Waals surface area contributed by atoms with Gasteiger partial charge in [-0.2, -0.15) is 0 Å². The van der Waals surface area contributed by atoms with Crippen molar-refractivity contribution < 1.29 is 0 Å². The topological polar surface area (TPSA) is 12.9 Å². The van der Waals surface area contributed by atoms with E-state index < -0.39 is 0 Å². The molecule has 0 atom stereocenters. The van der Waals surface area contributed by atoms with Crippen molar-refractivity contribution in [1.29, 1.82) is 0 Å². The summed E-state index contributed by atoms with van der Waals surface area (Å²) in [6.45, 7) is 0. The molecule has 2 rings (SSSR count). The standard InChI is InChI=1S/C10H12NS/c1-12-10-7-6-8-4-2-3-5-9(8)11-10/h6-7H,1-5H2. The Hall–Kier alpha value is -0.500. The average Bonchev–Trinajstić information content (AvgIpc) is 2.17. The van der Waals surface area contributed by atoms with E-state index >= 15 is 0 Å². The molecule has 0 fully saturated rings. The van der Waals surface area contributed by atoms with Crippen LogP contribution in [0.2, 0.25) is 0 Å². The second-order valence-electron chi connectivity index (χ2n) is 3.11. The maximum atomic E-state index is 4.53. The SMILES string of the molecule is [CH2]Sc1ccc2c(n1)CCCC2. The maximum Gasteiger partial charge on any atom is 0.0963 e. The number of thioether (sulfide) groups is 1. The first-order valence-electron chi connectivity index (χ1n) is 4.31. The van der Waals surface area contributed by atoms with E-state index in [1.165, 1.54) is 42.3 Å². The summed E-state index contributed by atoms with van der Waals surface area (Å²) in [5.74, 6) is 0. The molecule has 0 spiro atoms. The lowest BCUT2D eigenvalue weighted by Crippen LogP contribution is -2.04. The Balaban J connectivity index is 2.36. The van der Waals surface area contributed by atoms with E-state index in [2.05, 4.69) is 23.4 Å². The Morgan fingerprint density at radius 1 is 1.25 bits per heavy atom. The van der Waals surface area contributed by atoms with Crippen LogP contribution in [0.15, 0.2) is 17.2 Å². The Bertz CT molecular complexity index is 283. The van der Waals surface area contributed by atoms with Gasteiger partial charge in [0.2, 0.25) is 0 Å². The van der Waals surface area contributed by atoms with Crippen LogP contribution in [0.3, 0.4) is 0 Å². The van der Waals surface area contributed by atoms with Gasteiger partial charge in [0.15, 0.2) is 0 Å². The van der Waals surface area contributed by atoms with Crippen molar-refractivity contribution in [2.24, 2.45) is 0 Å². The number of pyridine rings is 1. The van der Waals surface area contributed by atoms with Crippen molar-refractivity contribution in [2.75, 3.05) is 0 Å². The number of aryl methyl sites for hydroxylation is 2. The van der Waals surface area contributed by atoms with Crippen LogP contribution in [-0.2, 0) is 12.8 Å². The zero-order valence-electron chi connectivity index (χ0n) is 7.05. The van der Waals surface area contributed by atoms with Crippen LogP contribution < -0.4 is 0 Å². The molecule has 0 N–H and O–H groups in total. The molecule has 1 nitrogen and oxygen atoms in total. The van der Waals surface area contributed by atoms with Crippen LogP contribution in [-0.4, -0.2) is 4.98 Å². The van der Waals surface area contributed by atoms with Crippen molar-refractivity contribution in [2.45, 2.75) is 30.7 Å². The van der Waals surface area contributed by atoms with Crippen LogP contribution >= 0.6 is 11.8 Å². The number of hydrogen-bond donors (Lipinski definition) is 0. The van der Waals surface area contributed by atoms with Gasteiger partial charge >= 0.3 is 0 Å². The molecule has 1 radical (unpaired) electrons. The molecule has 1 heterocycles. The monoisotopic (exact) mass is 178 g/mol. The first kappa shape index (κ1) is 8.11. The number of nitrogens with zero attached hydrogens (tertiary/aromatic N) is 1. The highest BCUT2D eigenvalue weighted by Gasteiger charge is 2.10. The lowest BCUT2D eigenvalue weighted by atomic mass is 9.96. The fraction of sp³-hybridized carbons (Fsp3) is 0.400. The van der Waals surface area contributed by atoms with Crippen LogP contribution in [0, 0.1) is 6.26 Å². The Kier molecular flexibility index (Phi) is 2.35. The molecule has 1 aromatic rings. The summed E-state index contributed by atoms with van der Waals surface area (Å²) in [7, 11) is 0. The van der Waals surface area contributed by atoms with Crippen molar-refractivity contribution >= 4 is 11.8 Å². The van der Waals surface area contributed by atoms with E-state index in [4.69, 9.17) is 0 Å².